The second kappa shape index (κ2) is 6.59. The lowest BCUT2D eigenvalue weighted by Gasteiger charge is -2.14. The number of aromatic carboxylic acids is 1. The number of fused-ring (bicyclic) bond motifs is 1. The molecule has 8 heteroatoms. The van der Waals surface area contributed by atoms with Crippen molar-refractivity contribution < 1.29 is 18.3 Å². The van der Waals surface area contributed by atoms with Gasteiger partial charge in [0.15, 0.2) is 0 Å². The van der Waals surface area contributed by atoms with Crippen molar-refractivity contribution in [3.05, 3.63) is 64.3 Å². The Morgan fingerprint density at radius 2 is 1.92 bits per heavy atom. The van der Waals surface area contributed by atoms with Gasteiger partial charge < -0.3 is 5.11 Å². The van der Waals surface area contributed by atoms with E-state index in [0.29, 0.717) is 27.1 Å². The van der Waals surface area contributed by atoms with Gasteiger partial charge in [-0.25, -0.2) is 13.2 Å². The molecule has 3 aromatic rings. The number of rotatable bonds is 4. The third-order valence-corrected chi connectivity index (χ3v) is 5.94. The fourth-order valence-corrected chi connectivity index (χ4v) is 4.28. The quantitative estimate of drug-likeness (QED) is 0.701. The summed E-state index contributed by atoms with van der Waals surface area (Å²) in [4.78, 5) is 15.4. The second-order valence-corrected chi connectivity index (χ2v) is 7.88. The van der Waals surface area contributed by atoms with Gasteiger partial charge in [-0.15, -0.1) is 0 Å². The number of anilines is 1. The van der Waals surface area contributed by atoms with Crippen LogP contribution in [0.3, 0.4) is 0 Å². The molecule has 0 aliphatic rings. The number of aryl methyl sites for hydroxylation is 1. The molecule has 1 aromatic heterocycles. The van der Waals surface area contributed by atoms with Crippen molar-refractivity contribution in [2.45, 2.75) is 18.7 Å². The topological polar surface area (TPSA) is 96.4 Å². The average molecular weight is 391 g/mol. The molecule has 0 aliphatic carbocycles. The molecule has 0 spiro atoms. The number of nitrogens with zero attached hydrogens (tertiary/aromatic N) is 1. The summed E-state index contributed by atoms with van der Waals surface area (Å²) in [7, 11) is -4.02. The number of hydrogen-bond donors (Lipinski definition) is 2. The minimum Gasteiger partial charge on any atom is -0.478 e. The molecule has 6 nitrogen and oxygen atoms in total. The maximum atomic E-state index is 12.9. The molecule has 0 amide bonds. The average Bonchev–Trinajstić information content (AvgIpc) is 2.59. The first-order valence-corrected chi connectivity index (χ1v) is 9.47. The Kier molecular flexibility index (Phi) is 4.60. The van der Waals surface area contributed by atoms with E-state index < -0.39 is 16.0 Å². The first-order valence-electron chi connectivity index (χ1n) is 7.61. The van der Waals surface area contributed by atoms with Crippen molar-refractivity contribution in [3.63, 3.8) is 0 Å². The van der Waals surface area contributed by atoms with Gasteiger partial charge in [-0.2, -0.15) is 0 Å². The Bertz CT molecular complexity index is 1140. The number of nitrogens with one attached hydrogen (secondary N) is 1. The zero-order valence-corrected chi connectivity index (χ0v) is 15.5. The van der Waals surface area contributed by atoms with Crippen molar-refractivity contribution in [2.75, 3.05) is 4.72 Å². The molecule has 134 valence electrons. The Morgan fingerprint density at radius 1 is 1.19 bits per heavy atom. The molecule has 1 heterocycles. The maximum absolute atomic E-state index is 12.9. The van der Waals surface area contributed by atoms with Crippen molar-refractivity contribution in [2.24, 2.45) is 0 Å². The lowest BCUT2D eigenvalue weighted by atomic mass is 10.1. The van der Waals surface area contributed by atoms with Gasteiger partial charge in [-0.3, -0.25) is 9.71 Å². The third kappa shape index (κ3) is 3.23. The van der Waals surface area contributed by atoms with E-state index in [9.17, 15) is 18.3 Å². The summed E-state index contributed by atoms with van der Waals surface area (Å²) >= 11 is 6.14. The van der Waals surface area contributed by atoms with Crippen molar-refractivity contribution in [3.8, 4) is 0 Å². The molecule has 0 aliphatic heterocycles. The summed E-state index contributed by atoms with van der Waals surface area (Å²) in [5.41, 5.74) is 1.64. The highest BCUT2D eigenvalue weighted by molar-refractivity contribution is 7.92. The van der Waals surface area contributed by atoms with Crippen LogP contribution in [0.4, 0.5) is 5.69 Å². The second-order valence-electron chi connectivity index (χ2n) is 5.82. The maximum Gasteiger partial charge on any atom is 0.335 e. The molecule has 26 heavy (non-hydrogen) atoms. The summed E-state index contributed by atoms with van der Waals surface area (Å²) < 4.78 is 28.3. The lowest BCUT2D eigenvalue weighted by molar-refractivity contribution is 0.0696. The highest BCUT2D eigenvalue weighted by Crippen LogP contribution is 2.30. The number of aromatic nitrogens is 1. The minimum atomic E-state index is -4.02. The highest BCUT2D eigenvalue weighted by Gasteiger charge is 2.22. The molecule has 0 unspecified atom stereocenters. The van der Waals surface area contributed by atoms with Gasteiger partial charge in [0, 0.05) is 11.6 Å². The standard InChI is InChI=1S/C18H15ClN2O4S/c1-10-8-12(18(22)23)9-16(11(10)2)26(24,25)21-15-6-5-14(19)13-4-3-7-20-17(13)15/h3-9,21H,1-2H3,(H,22,23). The van der Waals surface area contributed by atoms with Crippen molar-refractivity contribution in [1.82, 2.24) is 4.98 Å². The van der Waals surface area contributed by atoms with Crippen LogP contribution in [-0.4, -0.2) is 24.5 Å². The summed E-state index contributed by atoms with van der Waals surface area (Å²) in [5, 5.41) is 10.3. The van der Waals surface area contributed by atoms with E-state index in [-0.39, 0.29) is 16.1 Å². The number of carboxylic acid groups (broad SMARTS) is 1. The summed E-state index contributed by atoms with van der Waals surface area (Å²) in [5.74, 6) is -1.19. The largest absolute Gasteiger partial charge is 0.478 e. The molecular weight excluding hydrogens is 376 g/mol. The predicted molar refractivity (Wildman–Crippen MR) is 100 cm³/mol. The van der Waals surface area contributed by atoms with Crippen LogP contribution in [0.25, 0.3) is 10.9 Å². The molecule has 2 aromatic carbocycles. The Hall–Kier alpha value is -2.64. The number of sulfonamides is 1. The summed E-state index contributed by atoms with van der Waals surface area (Å²) in [6.07, 6.45) is 1.54. The van der Waals surface area contributed by atoms with Crippen LogP contribution in [0, 0.1) is 13.8 Å². The Balaban J connectivity index is 2.14. The van der Waals surface area contributed by atoms with Crippen LogP contribution in [0.5, 0.6) is 0 Å². The van der Waals surface area contributed by atoms with E-state index >= 15 is 0 Å². The van der Waals surface area contributed by atoms with Crippen molar-refractivity contribution in [1.29, 1.82) is 0 Å². The van der Waals surface area contributed by atoms with Gasteiger partial charge in [0.25, 0.3) is 10.0 Å². The SMILES string of the molecule is Cc1cc(C(=O)O)cc(S(=O)(=O)Nc2ccc(Cl)c3cccnc23)c1C. The van der Waals surface area contributed by atoms with Crippen LogP contribution >= 0.6 is 11.6 Å². The number of benzene rings is 2. The van der Waals surface area contributed by atoms with E-state index in [2.05, 4.69) is 9.71 Å². The zero-order valence-electron chi connectivity index (χ0n) is 13.9. The van der Waals surface area contributed by atoms with Gasteiger partial charge >= 0.3 is 5.97 Å². The van der Waals surface area contributed by atoms with Crippen LogP contribution in [-0.2, 0) is 10.0 Å². The number of hydrogen-bond acceptors (Lipinski definition) is 4. The fraction of sp³-hybridized carbons (Fsp3) is 0.111. The van der Waals surface area contributed by atoms with Gasteiger partial charge in [-0.05, 0) is 61.4 Å². The number of pyridine rings is 1. The first-order chi connectivity index (χ1) is 12.2. The Morgan fingerprint density at radius 3 is 2.62 bits per heavy atom. The third-order valence-electron chi connectivity index (χ3n) is 4.12. The van der Waals surface area contributed by atoms with Gasteiger partial charge in [-0.1, -0.05) is 11.6 Å². The minimum absolute atomic E-state index is 0.0890. The van der Waals surface area contributed by atoms with E-state index in [4.69, 9.17) is 11.6 Å². The lowest BCUT2D eigenvalue weighted by Crippen LogP contribution is -2.16. The predicted octanol–water partition coefficient (Wildman–Crippen LogP) is 4.00. The van der Waals surface area contributed by atoms with Crippen molar-refractivity contribution >= 4 is 44.2 Å². The summed E-state index contributed by atoms with van der Waals surface area (Å²) in [6, 6.07) is 9.14. The highest BCUT2D eigenvalue weighted by atomic mass is 35.5. The van der Waals surface area contributed by atoms with Crippen LogP contribution in [0.15, 0.2) is 47.5 Å². The van der Waals surface area contributed by atoms with Crippen LogP contribution in [0.1, 0.15) is 21.5 Å². The number of carbonyl (C=O) groups is 1. The van der Waals surface area contributed by atoms with Crippen LogP contribution in [0.2, 0.25) is 5.02 Å². The van der Waals surface area contributed by atoms with E-state index in [1.807, 2.05) is 0 Å². The molecule has 0 bridgehead atoms. The molecular formula is C18H15ClN2O4S. The molecule has 2 N–H and O–H groups in total. The fourth-order valence-electron chi connectivity index (χ4n) is 2.65. The van der Waals surface area contributed by atoms with E-state index in [1.54, 1.807) is 32.0 Å². The Labute approximate surface area is 155 Å². The zero-order chi connectivity index (χ0) is 19.1. The molecule has 0 saturated carbocycles. The molecule has 3 rings (SSSR count). The van der Waals surface area contributed by atoms with Gasteiger partial charge in [0.1, 0.15) is 0 Å². The van der Waals surface area contributed by atoms with Gasteiger partial charge in [0.2, 0.25) is 0 Å². The normalized spacial score (nSPS) is 11.5. The summed E-state index contributed by atoms with van der Waals surface area (Å²) in [6.45, 7) is 3.30. The molecule has 0 fully saturated rings. The first kappa shape index (κ1) is 18.2. The van der Waals surface area contributed by atoms with E-state index in [0.717, 1.165) is 6.07 Å². The molecule has 0 atom stereocenters. The van der Waals surface area contributed by atoms with Gasteiger partial charge in [0.05, 0.1) is 26.7 Å². The number of carboxylic acids is 1. The van der Waals surface area contributed by atoms with E-state index in [1.165, 1.54) is 18.3 Å². The monoisotopic (exact) mass is 390 g/mol. The molecule has 0 radical (unpaired) electrons. The molecule has 0 saturated heterocycles. The smallest absolute Gasteiger partial charge is 0.335 e. The number of halogens is 1. The van der Waals surface area contributed by atoms with Crippen LogP contribution < -0.4 is 4.72 Å².